The van der Waals surface area contributed by atoms with Gasteiger partial charge in [0, 0.05) is 0 Å². The second kappa shape index (κ2) is 3.19. The molecule has 0 saturated heterocycles. The number of aliphatic hydroxyl groups is 2. The van der Waals surface area contributed by atoms with Gasteiger partial charge in [0.2, 0.25) is 0 Å². The van der Waals surface area contributed by atoms with Crippen LogP contribution in [0.4, 0.5) is 0 Å². The molecule has 0 aliphatic heterocycles. The lowest BCUT2D eigenvalue weighted by Gasteiger charge is -2.36. The van der Waals surface area contributed by atoms with Crippen LogP contribution in [0.15, 0.2) is 11.1 Å². The predicted octanol–water partition coefficient (Wildman–Crippen LogP) is 1.48. The molecule has 0 spiro atoms. The summed E-state index contributed by atoms with van der Waals surface area (Å²) in [6.07, 6.45) is 1.26. The fraction of sp³-hybridized carbons (Fsp3) is 0.800. The summed E-state index contributed by atoms with van der Waals surface area (Å²) in [5.74, 6) is 0. The maximum Gasteiger partial charge on any atom is 0.0649 e. The zero-order valence-electron chi connectivity index (χ0n) is 8.09. The van der Waals surface area contributed by atoms with Crippen LogP contribution in [0.1, 0.15) is 33.6 Å². The summed E-state index contributed by atoms with van der Waals surface area (Å²) in [7, 11) is 0. The Morgan fingerprint density at radius 3 is 2.50 bits per heavy atom. The van der Waals surface area contributed by atoms with E-state index in [-0.39, 0.29) is 18.1 Å². The fourth-order valence-corrected chi connectivity index (χ4v) is 2.19. The van der Waals surface area contributed by atoms with Crippen LogP contribution in [0.3, 0.4) is 0 Å². The Balaban J connectivity index is 2.96. The third-order valence-corrected chi connectivity index (χ3v) is 2.78. The third kappa shape index (κ3) is 1.70. The minimum Gasteiger partial charge on any atom is -0.393 e. The molecule has 0 radical (unpaired) electrons. The summed E-state index contributed by atoms with van der Waals surface area (Å²) in [5, 5.41) is 18.7. The molecule has 2 heteroatoms. The van der Waals surface area contributed by atoms with Crippen LogP contribution < -0.4 is 0 Å². The number of aliphatic hydroxyl groups excluding tert-OH is 2. The van der Waals surface area contributed by atoms with Gasteiger partial charge < -0.3 is 10.2 Å². The Morgan fingerprint density at radius 2 is 2.08 bits per heavy atom. The van der Waals surface area contributed by atoms with Crippen LogP contribution in [0, 0.1) is 5.41 Å². The molecule has 12 heavy (non-hydrogen) atoms. The van der Waals surface area contributed by atoms with Crippen molar-refractivity contribution in [2.75, 3.05) is 6.61 Å². The third-order valence-electron chi connectivity index (χ3n) is 2.78. The topological polar surface area (TPSA) is 40.5 Å². The second-order valence-corrected chi connectivity index (χ2v) is 4.36. The highest BCUT2D eigenvalue weighted by Crippen LogP contribution is 2.39. The van der Waals surface area contributed by atoms with Crippen LogP contribution in [-0.2, 0) is 0 Å². The van der Waals surface area contributed by atoms with Crippen LogP contribution in [0.5, 0.6) is 0 Å². The summed E-state index contributed by atoms with van der Waals surface area (Å²) >= 11 is 0. The van der Waals surface area contributed by atoms with Gasteiger partial charge in [-0.05, 0) is 30.8 Å². The van der Waals surface area contributed by atoms with E-state index in [4.69, 9.17) is 5.11 Å². The molecule has 0 aromatic carbocycles. The number of hydrogen-bond donors (Lipinski definition) is 2. The normalized spacial score (nSPS) is 29.2. The summed E-state index contributed by atoms with van der Waals surface area (Å²) in [6, 6.07) is 0. The van der Waals surface area contributed by atoms with E-state index in [1.807, 2.05) is 6.92 Å². The van der Waals surface area contributed by atoms with Gasteiger partial charge in [0.05, 0.1) is 12.7 Å². The van der Waals surface area contributed by atoms with Gasteiger partial charge in [0.15, 0.2) is 0 Å². The summed E-state index contributed by atoms with van der Waals surface area (Å²) in [5.41, 5.74) is 2.23. The van der Waals surface area contributed by atoms with Crippen LogP contribution in [-0.4, -0.2) is 22.9 Å². The lowest BCUT2D eigenvalue weighted by molar-refractivity contribution is 0.107. The molecule has 1 atom stereocenters. The Labute approximate surface area is 73.9 Å². The van der Waals surface area contributed by atoms with Crippen molar-refractivity contribution < 1.29 is 10.2 Å². The molecule has 0 aromatic heterocycles. The van der Waals surface area contributed by atoms with E-state index in [1.165, 1.54) is 0 Å². The molecule has 0 amide bonds. The van der Waals surface area contributed by atoms with Crippen molar-refractivity contribution in [3.05, 3.63) is 11.1 Å². The molecule has 0 bridgehead atoms. The number of hydrogen-bond acceptors (Lipinski definition) is 2. The highest BCUT2D eigenvalue weighted by molar-refractivity contribution is 5.23. The van der Waals surface area contributed by atoms with Crippen molar-refractivity contribution in [2.45, 2.75) is 39.7 Å². The van der Waals surface area contributed by atoms with Crippen LogP contribution in [0.25, 0.3) is 0 Å². The van der Waals surface area contributed by atoms with Gasteiger partial charge in [-0.25, -0.2) is 0 Å². The van der Waals surface area contributed by atoms with E-state index >= 15 is 0 Å². The molecule has 0 fully saturated rings. The van der Waals surface area contributed by atoms with Gasteiger partial charge in [-0.3, -0.25) is 0 Å². The zero-order chi connectivity index (χ0) is 9.35. The van der Waals surface area contributed by atoms with Gasteiger partial charge in [-0.2, -0.15) is 0 Å². The highest BCUT2D eigenvalue weighted by Gasteiger charge is 2.31. The first kappa shape index (κ1) is 9.75. The maximum atomic E-state index is 9.51. The maximum absolute atomic E-state index is 9.51. The smallest absolute Gasteiger partial charge is 0.0649 e. The summed E-state index contributed by atoms with van der Waals surface area (Å²) in [4.78, 5) is 0. The molecule has 1 aliphatic rings. The van der Waals surface area contributed by atoms with E-state index in [9.17, 15) is 5.11 Å². The Hall–Kier alpha value is -0.340. The molecule has 1 aliphatic carbocycles. The van der Waals surface area contributed by atoms with Crippen LogP contribution >= 0.6 is 0 Å². The van der Waals surface area contributed by atoms with Crippen molar-refractivity contribution in [2.24, 2.45) is 5.41 Å². The Kier molecular flexibility index (Phi) is 2.59. The first-order chi connectivity index (χ1) is 5.47. The number of rotatable bonds is 1. The summed E-state index contributed by atoms with van der Waals surface area (Å²) < 4.78 is 0. The minimum absolute atomic E-state index is 0.0312. The molecule has 0 heterocycles. The molecule has 2 N–H and O–H groups in total. The minimum atomic E-state index is -0.227. The highest BCUT2D eigenvalue weighted by atomic mass is 16.3. The lowest BCUT2D eigenvalue weighted by atomic mass is 9.72. The van der Waals surface area contributed by atoms with Crippen molar-refractivity contribution in [1.29, 1.82) is 0 Å². The first-order valence-electron chi connectivity index (χ1n) is 4.45. The molecule has 1 rings (SSSR count). The fourth-order valence-electron chi connectivity index (χ4n) is 2.19. The van der Waals surface area contributed by atoms with Gasteiger partial charge in [0.25, 0.3) is 0 Å². The van der Waals surface area contributed by atoms with Gasteiger partial charge in [-0.1, -0.05) is 19.4 Å². The quantitative estimate of drug-likeness (QED) is 0.585. The molecule has 70 valence electrons. The first-order valence-corrected chi connectivity index (χ1v) is 4.45. The largest absolute Gasteiger partial charge is 0.393 e. The van der Waals surface area contributed by atoms with Gasteiger partial charge >= 0.3 is 0 Å². The van der Waals surface area contributed by atoms with E-state index in [1.54, 1.807) is 0 Å². The van der Waals surface area contributed by atoms with Crippen molar-refractivity contribution in [3.8, 4) is 0 Å². The molecule has 2 nitrogen and oxygen atoms in total. The summed E-state index contributed by atoms with van der Waals surface area (Å²) in [6.45, 7) is 6.27. The molecule has 0 saturated carbocycles. The molecular weight excluding hydrogens is 152 g/mol. The van der Waals surface area contributed by atoms with Crippen molar-refractivity contribution >= 4 is 0 Å². The lowest BCUT2D eigenvalue weighted by Crippen LogP contribution is -2.30. The zero-order valence-corrected chi connectivity index (χ0v) is 8.09. The van der Waals surface area contributed by atoms with E-state index in [2.05, 4.69) is 13.8 Å². The standard InChI is InChI=1S/C10H18O2/c1-7-4-8(12)5-10(2,3)9(7)6-11/h8,11-12H,4-6H2,1-3H3/t8-/m0/s1. The van der Waals surface area contributed by atoms with Gasteiger partial charge in [0.1, 0.15) is 0 Å². The van der Waals surface area contributed by atoms with Crippen molar-refractivity contribution in [1.82, 2.24) is 0 Å². The van der Waals surface area contributed by atoms with Crippen molar-refractivity contribution in [3.63, 3.8) is 0 Å². The average Bonchev–Trinajstić information content (AvgIpc) is 1.82. The average molecular weight is 170 g/mol. The Morgan fingerprint density at radius 1 is 1.50 bits per heavy atom. The molecular formula is C10H18O2. The monoisotopic (exact) mass is 170 g/mol. The second-order valence-electron chi connectivity index (χ2n) is 4.36. The van der Waals surface area contributed by atoms with E-state index in [0.29, 0.717) is 0 Å². The molecule has 0 aromatic rings. The van der Waals surface area contributed by atoms with Crippen LogP contribution in [0.2, 0.25) is 0 Å². The Bertz CT molecular complexity index is 204. The van der Waals surface area contributed by atoms with Gasteiger partial charge in [-0.15, -0.1) is 0 Å². The predicted molar refractivity (Wildman–Crippen MR) is 48.8 cm³/mol. The van der Waals surface area contributed by atoms with E-state index in [0.717, 1.165) is 24.0 Å². The van der Waals surface area contributed by atoms with E-state index < -0.39 is 0 Å². The molecule has 0 unspecified atom stereocenters. The SMILES string of the molecule is CC1=C(CO)C(C)(C)C[C@@H](O)C1.